The summed E-state index contributed by atoms with van der Waals surface area (Å²) in [6, 6.07) is 1.53. The number of halogens is 1. The number of phenols is 1. The Kier molecular flexibility index (Phi) is 6.33. The van der Waals surface area contributed by atoms with Crippen LogP contribution in [0.4, 0.5) is 0 Å². The van der Waals surface area contributed by atoms with Crippen LogP contribution in [0, 0.1) is 5.92 Å². The number of carbonyl (C=O) groups is 3. The van der Waals surface area contributed by atoms with Gasteiger partial charge in [-0.2, -0.15) is 0 Å². The first-order chi connectivity index (χ1) is 15.2. The van der Waals surface area contributed by atoms with Gasteiger partial charge in [-0.25, -0.2) is 0 Å². The number of aliphatic hydroxyl groups excluding tert-OH is 3. The fraction of sp³-hybridized carbons (Fsp3) is 0.409. The van der Waals surface area contributed by atoms with Crippen LogP contribution in [0.15, 0.2) is 29.0 Å². The fourth-order valence-corrected chi connectivity index (χ4v) is 5.03. The number of nitrogens with zero attached hydrogens (tertiary/aromatic N) is 1. The molecule has 0 saturated carbocycles. The molecule has 4 atom stereocenters. The summed E-state index contributed by atoms with van der Waals surface area (Å²) in [6.45, 7) is 1.33. The summed E-state index contributed by atoms with van der Waals surface area (Å²) in [7, 11) is 3.13. The largest absolute Gasteiger partial charge is 0.510 e. The van der Waals surface area contributed by atoms with Crippen molar-refractivity contribution in [3.8, 4) is 5.75 Å². The number of amides is 1. The monoisotopic (exact) mass is 480 g/mol. The van der Waals surface area contributed by atoms with Crippen molar-refractivity contribution in [2.24, 2.45) is 11.7 Å². The Morgan fingerprint density at radius 1 is 1.15 bits per heavy atom. The van der Waals surface area contributed by atoms with E-state index in [0.29, 0.717) is 0 Å². The standard InChI is InChI=1S/C22H25ClN2O8/c1-22(33)8-4-6-10(25(2)3)16(27)14(21(24)32)19(30)20(31)18(29)12(8)17(28)13-11(26)7-5-9(23)15(13)22/h5,7-8,10,20,26-28,31,33H,4,6H2,1-3H3,(H2,24,32)/b16-14-/t8?,10-,20+,22+/m1/s1. The minimum Gasteiger partial charge on any atom is -0.510 e. The summed E-state index contributed by atoms with van der Waals surface area (Å²) >= 11 is 6.27. The molecule has 0 aromatic heterocycles. The highest BCUT2D eigenvalue weighted by molar-refractivity contribution is 6.32. The number of Topliss-reactive ketones (excluding diaryl/α,β-unsaturated/α-hetero) is 2. The molecule has 0 fully saturated rings. The van der Waals surface area contributed by atoms with E-state index in [4.69, 9.17) is 17.3 Å². The Hall–Kier alpha value is -2.92. The Morgan fingerprint density at radius 2 is 1.76 bits per heavy atom. The number of likely N-dealkylation sites (N-methyl/N-ethyl adjacent to an activating group) is 1. The van der Waals surface area contributed by atoms with Gasteiger partial charge in [0.1, 0.15) is 22.8 Å². The van der Waals surface area contributed by atoms with Crippen molar-refractivity contribution in [1.82, 2.24) is 4.90 Å². The lowest BCUT2D eigenvalue weighted by atomic mass is 9.67. The number of hydrogen-bond acceptors (Lipinski definition) is 9. The number of primary amides is 1. The average molecular weight is 481 g/mol. The van der Waals surface area contributed by atoms with Crippen LogP contribution >= 0.6 is 11.6 Å². The third-order valence-electron chi connectivity index (χ3n) is 6.34. The molecule has 178 valence electrons. The van der Waals surface area contributed by atoms with Crippen molar-refractivity contribution in [1.29, 1.82) is 0 Å². The maximum atomic E-state index is 13.2. The lowest BCUT2D eigenvalue weighted by Gasteiger charge is -2.42. The molecule has 1 aromatic carbocycles. The smallest absolute Gasteiger partial charge is 0.255 e. The third kappa shape index (κ3) is 3.78. The van der Waals surface area contributed by atoms with Crippen LogP contribution in [-0.2, 0) is 20.0 Å². The molecule has 0 aliphatic heterocycles. The third-order valence-corrected chi connectivity index (χ3v) is 6.65. The highest BCUT2D eigenvalue weighted by Crippen LogP contribution is 2.52. The summed E-state index contributed by atoms with van der Waals surface area (Å²) in [5, 5.41) is 54.1. The molecule has 0 radical (unpaired) electrons. The predicted molar refractivity (Wildman–Crippen MR) is 117 cm³/mol. The Morgan fingerprint density at radius 3 is 2.30 bits per heavy atom. The molecule has 33 heavy (non-hydrogen) atoms. The van der Waals surface area contributed by atoms with Crippen molar-refractivity contribution in [3.05, 3.63) is 45.2 Å². The number of aliphatic hydroxyl groups is 4. The van der Waals surface area contributed by atoms with Gasteiger partial charge in [-0.3, -0.25) is 19.3 Å². The zero-order valence-electron chi connectivity index (χ0n) is 18.2. The van der Waals surface area contributed by atoms with Gasteiger partial charge in [-0.1, -0.05) is 11.6 Å². The van der Waals surface area contributed by atoms with Gasteiger partial charge in [-0.15, -0.1) is 0 Å². The number of carbonyl (C=O) groups excluding carboxylic acids is 3. The number of ketones is 2. The number of phenolic OH excluding ortho intramolecular Hbond substituents is 1. The van der Waals surface area contributed by atoms with E-state index in [1.807, 2.05) is 0 Å². The van der Waals surface area contributed by atoms with Crippen molar-refractivity contribution in [3.63, 3.8) is 0 Å². The van der Waals surface area contributed by atoms with Crippen LogP contribution in [0.5, 0.6) is 5.75 Å². The van der Waals surface area contributed by atoms with Gasteiger partial charge in [0.15, 0.2) is 11.9 Å². The van der Waals surface area contributed by atoms with E-state index in [1.54, 1.807) is 14.1 Å². The van der Waals surface area contributed by atoms with Crippen molar-refractivity contribution in [2.45, 2.75) is 37.5 Å². The van der Waals surface area contributed by atoms with Gasteiger partial charge in [0.05, 0.1) is 17.2 Å². The van der Waals surface area contributed by atoms with E-state index < -0.39 is 69.6 Å². The van der Waals surface area contributed by atoms with Gasteiger partial charge in [-0.05, 0) is 46.0 Å². The molecular formula is C22H25ClN2O8. The topological polar surface area (TPSA) is 182 Å². The zero-order chi connectivity index (χ0) is 25.0. The first kappa shape index (κ1) is 24.7. The number of benzene rings is 1. The van der Waals surface area contributed by atoms with E-state index in [2.05, 4.69) is 0 Å². The van der Waals surface area contributed by atoms with Crippen molar-refractivity contribution < 1.29 is 39.9 Å². The lowest BCUT2D eigenvalue weighted by molar-refractivity contribution is -0.136. The average Bonchev–Trinajstić information content (AvgIpc) is 2.71. The molecule has 2 aliphatic rings. The highest BCUT2D eigenvalue weighted by Gasteiger charge is 2.51. The first-order valence-electron chi connectivity index (χ1n) is 10.1. The molecule has 0 saturated heterocycles. The molecule has 1 unspecified atom stereocenters. The lowest BCUT2D eigenvalue weighted by Crippen LogP contribution is -2.47. The molecule has 11 heteroatoms. The van der Waals surface area contributed by atoms with Gasteiger partial charge in [0.25, 0.3) is 5.91 Å². The minimum absolute atomic E-state index is 0.00956. The van der Waals surface area contributed by atoms with E-state index >= 15 is 0 Å². The minimum atomic E-state index is -2.51. The number of hydrogen-bond donors (Lipinski definition) is 6. The van der Waals surface area contributed by atoms with Gasteiger partial charge >= 0.3 is 0 Å². The summed E-state index contributed by atoms with van der Waals surface area (Å²) < 4.78 is 0. The van der Waals surface area contributed by atoms with Crippen LogP contribution in [0.2, 0.25) is 5.02 Å². The molecule has 3 rings (SSSR count). The summed E-state index contributed by atoms with van der Waals surface area (Å²) in [5.41, 5.74) is 1.57. The molecule has 7 N–H and O–H groups in total. The van der Waals surface area contributed by atoms with Gasteiger partial charge in [0, 0.05) is 22.1 Å². The second kappa shape index (κ2) is 8.45. The maximum Gasteiger partial charge on any atom is 0.255 e. The molecule has 0 heterocycles. The summed E-state index contributed by atoms with van der Waals surface area (Å²) in [5.74, 6) is -7.23. The van der Waals surface area contributed by atoms with E-state index in [0.717, 1.165) is 6.07 Å². The van der Waals surface area contributed by atoms with Crippen LogP contribution in [0.25, 0.3) is 5.76 Å². The quantitative estimate of drug-likeness (QED) is 0.262. The van der Waals surface area contributed by atoms with Gasteiger partial charge in [0.2, 0.25) is 5.78 Å². The van der Waals surface area contributed by atoms with Crippen molar-refractivity contribution >= 4 is 34.8 Å². The summed E-state index contributed by atoms with van der Waals surface area (Å²) in [6.07, 6.45) is -2.55. The van der Waals surface area contributed by atoms with Crippen LogP contribution in [0.1, 0.15) is 30.9 Å². The van der Waals surface area contributed by atoms with E-state index in [1.165, 1.54) is 17.9 Å². The molecule has 0 bridgehead atoms. The number of rotatable bonds is 2. The zero-order valence-corrected chi connectivity index (χ0v) is 18.9. The Labute approximate surface area is 194 Å². The molecule has 0 spiro atoms. The second-order valence-electron chi connectivity index (χ2n) is 8.59. The van der Waals surface area contributed by atoms with Crippen molar-refractivity contribution in [2.75, 3.05) is 14.1 Å². The molecule has 2 aliphatic carbocycles. The van der Waals surface area contributed by atoms with Crippen LogP contribution in [0.3, 0.4) is 0 Å². The first-order valence-corrected chi connectivity index (χ1v) is 10.4. The van der Waals surface area contributed by atoms with E-state index in [9.17, 15) is 39.9 Å². The number of aromatic hydroxyl groups is 1. The molecule has 1 amide bonds. The molecule has 10 nitrogen and oxygen atoms in total. The SMILES string of the molecule is CN(C)[C@@H]1CCC2C(=C(O)c3c(O)ccc(Cl)c3[C@@]2(C)O)C(=O)[C@H](O)C(=O)/C(C(N)=O)=C\1O. The predicted octanol–water partition coefficient (Wildman–Crippen LogP) is 0.673. The van der Waals surface area contributed by atoms with E-state index in [-0.39, 0.29) is 29.0 Å². The fourth-order valence-electron chi connectivity index (χ4n) is 4.68. The Balaban J connectivity index is 2.35. The molecule has 1 aromatic rings. The second-order valence-corrected chi connectivity index (χ2v) is 9.00. The summed E-state index contributed by atoms with van der Waals surface area (Å²) in [4.78, 5) is 39.5. The number of fused-ring (bicyclic) bond motifs is 2. The maximum absolute atomic E-state index is 13.2. The molecular weight excluding hydrogens is 456 g/mol. The normalized spacial score (nSPS) is 30.8. The van der Waals surface area contributed by atoms with Crippen LogP contribution < -0.4 is 5.73 Å². The highest BCUT2D eigenvalue weighted by atomic mass is 35.5. The Bertz CT molecular complexity index is 1120. The van der Waals surface area contributed by atoms with Gasteiger partial charge < -0.3 is 31.3 Å². The number of nitrogens with two attached hydrogens (primary N) is 1. The van der Waals surface area contributed by atoms with Crippen LogP contribution in [-0.4, -0.2) is 74.1 Å².